The van der Waals surface area contributed by atoms with Crippen LogP contribution in [0.3, 0.4) is 0 Å². The van der Waals surface area contributed by atoms with Gasteiger partial charge in [0.2, 0.25) is 11.9 Å². The average Bonchev–Trinajstić information content (AvgIpc) is 3.79. The van der Waals surface area contributed by atoms with E-state index in [0.717, 1.165) is 42.8 Å². The lowest BCUT2D eigenvalue weighted by atomic mass is 9.94. The summed E-state index contributed by atoms with van der Waals surface area (Å²) in [6.45, 7) is 11.6. The van der Waals surface area contributed by atoms with Crippen LogP contribution in [-0.4, -0.2) is 61.4 Å². The number of piperidine rings is 1. The van der Waals surface area contributed by atoms with Gasteiger partial charge in [-0.05, 0) is 63.2 Å². The Morgan fingerprint density at radius 3 is 2.35 bits per heavy atom. The number of nitrogens with one attached hydrogen (secondary N) is 1. The molecular weight excluding hydrogens is 502 g/mol. The minimum atomic E-state index is -0.307. The van der Waals surface area contributed by atoms with Crippen LogP contribution in [0.1, 0.15) is 82.1 Å². The summed E-state index contributed by atoms with van der Waals surface area (Å²) >= 11 is 0. The molecule has 1 aromatic carbocycles. The number of aromatic nitrogens is 4. The molecule has 2 aliphatic rings. The van der Waals surface area contributed by atoms with Crippen molar-refractivity contribution in [3.05, 3.63) is 70.9 Å². The van der Waals surface area contributed by atoms with E-state index < -0.39 is 0 Å². The normalized spacial score (nSPS) is 18.0. The first-order valence-electron chi connectivity index (χ1n) is 14.5. The van der Waals surface area contributed by atoms with Crippen LogP contribution in [-0.2, 0) is 4.79 Å². The first-order chi connectivity index (χ1) is 19.2. The molecule has 212 valence electrons. The fourth-order valence-corrected chi connectivity index (χ4v) is 5.84. The molecule has 2 aromatic heterocycles. The van der Waals surface area contributed by atoms with Gasteiger partial charge in [0.25, 0.3) is 0 Å². The number of benzene rings is 1. The van der Waals surface area contributed by atoms with Gasteiger partial charge in [-0.1, -0.05) is 43.7 Å². The third kappa shape index (κ3) is 6.09. The maximum Gasteiger partial charge on any atom is 0.349 e. The van der Waals surface area contributed by atoms with E-state index in [1.54, 1.807) is 10.8 Å². The maximum absolute atomic E-state index is 12.3. The summed E-state index contributed by atoms with van der Waals surface area (Å²) in [5, 5.41) is 4.15. The first-order valence-corrected chi connectivity index (χ1v) is 14.5. The number of nitrogens with zero attached hydrogens (tertiary/aromatic N) is 6. The van der Waals surface area contributed by atoms with Crippen LogP contribution in [0.4, 0.5) is 5.95 Å². The van der Waals surface area contributed by atoms with Gasteiger partial charge >= 0.3 is 5.69 Å². The molecule has 40 heavy (non-hydrogen) atoms. The monoisotopic (exact) mass is 543 g/mol. The number of anilines is 1. The second-order valence-electron chi connectivity index (χ2n) is 11.6. The zero-order chi connectivity index (χ0) is 28.4. The van der Waals surface area contributed by atoms with Crippen LogP contribution in [0.15, 0.2) is 54.1 Å². The van der Waals surface area contributed by atoms with Gasteiger partial charge < -0.3 is 10.2 Å². The largest absolute Gasteiger partial charge is 0.349 e. The summed E-state index contributed by atoms with van der Waals surface area (Å²) in [4.78, 5) is 42.0. The van der Waals surface area contributed by atoms with Crippen LogP contribution in [0.25, 0.3) is 11.0 Å². The summed E-state index contributed by atoms with van der Waals surface area (Å²) < 4.78 is 1.60. The minimum absolute atomic E-state index is 0.00617. The molecule has 1 saturated heterocycles. The van der Waals surface area contributed by atoms with E-state index in [4.69, 9.17) is 0 Å². The molecule has 0 radical (unpaired) electrons. The Morgan fingerprint density at radius 2 is 1.73 bits per heavy atom. The number of rotatable bonds is 10. The molecule has 9 heteroatoms. The van der Waals surface area contributed by atoms with Gasteiger partial charge in [0, 0.05) is 50.7 Å². The predicted octanol–water partition coefficient (Wildman–Crippen LogP) is 4.89. The first kappa shape index (κ1) is 28.0. The molecule has 5 rings (SSSR count). The Morgan fingerprint density at radius 1 is 1.07 bits per heavy atom. The highest BCUT2D eigenvalue weighted by Crippen LogP contribution is 2.41. The lowest BCUT2D eigenvalue weighted by Crippen LogP contribution is -2.46. The molecule has 1 aliphatic carbocycles. The van der Waals surface area contributed by atoms with Gasteiger partial charge in [0.05, 0.1) is 11.4 Å². The summed E-state index contributed by atoms with van der Waals surface area (Å²) in [5.41, 5.74) is 2.78. The number of carbonyl (C=O) groups excluding carboxylic acids is 1. The van der Waals surface area contributed by atoms with Crippen molar-refractivity contribution < 1.29 is 4.79 Å². The number of carbonyl (C=O) groups is 1. The highest BCUT2D eigenvalue weighted by molar-refractivity contribution is 5.87. The Labute approximate surface area is 236 Å². The van der Waals surface area contributed by atoms with Crippen molar-refractivity contribution in [2.24, 2.45) is 5.92 Å². The van der Waals surface area contributed by atoms with Crippen molar-refractivity contribution in [2.45, 2.75) is 77.0 Å². The number of hydrogen-bond donors (Lipinski definition) is 1. The molecule has 1 saturated carbocycles. The molecule has 1 unspecified atom stereocenters. The topological polar surface area (TPSA) is 96.3 Å². The lowest BCUT2D eigenvalue weighted by Gasteiger charge is -2.40. The van der Waals surface area contributed by atoms with Crippen molar-refractivity contribution in [1.29, 1.82) is 0 Å². The molecular formula is C31H41N7O2. The van der Waals surface area contributed by atoms with Crippen LogP contribution in [0, 0.1) is 5.92 Å². The number of likely N-dealkylation sites (tertiary alicyclic amines) is 1. The van der Waals surface area contributed by atoms with Crippen LogP contribution < -0.4 is 11.0 Å². The van der Waals surface area contributed by atoms with Crippen molar-refractivity contribution in [1.82, 2.24) is 29.3 Å². The average molecular weight is 544 g/mol. The van der Waals surface area contributed by atoms with E-state index in [9.17, 15) is 9.59 Å². The van der Waals surface area contributed by atoms with Crippen LogP contribution in [0.2, 0.25) is 0 Å². The van der Waals surface area contributed by atoms with Gasteiger partial charge in [-0.3, -0.25) is 14.3 Å². The highest BCUT2D eigenvalue weighted by Gasteiger charge is 2.33. The van der Waals surface area contributed by atoms with Gasteiger partial charge in [-0.2, -0.15) is 4.98 Å². The Bertz CT molecular complexity index is 1410. The van der Waals surface area contributed by atoms with E-state index >= 15 is 0 Å². The van der Waals surface area contributed by atoms with E-state index in [2.05, 4.69) is 62.9 Å². The standard InChI is InChI=1S/C31H41N7O2/c1-6-28(39)36(5)26-13-15-37(16-14-26)27(17-22-7-8-22)24-11-9-23(10-12-24)21(4)34-30-32-18-25-19-33-31(40)38(20(2)3)29(25)35-30/h6,9-12,18-22,26-27H,1,7-8,13-17H2,2-5H3,(H,32,34,35)/t21-,27?/m0/s1. The molecule has 3 heterocycles. The third-order valence-electron chi connectivity index (χ3n) is 8.49. The Kier molecular flexibility index (Phi) is 8.30. The summed E-state index contributed by atoms with van der Waals surface area (Å²) in [5.74, 6) is 1.31. The van der Waals surface area contributed by atoms with E-state index in [-0.39, 0.29) is 29.7 Å². The minimum Gasteiger partial charge on any atom is -0.348 e. The second kappa shape index (κ2) is 11.9. The zero-order valence-corrected chi connectivity index (χ0v) is 24.1. The smallest absolute Gasteiger partial charge is 0.348 e. The van der Waals surface area contributed by atoms with Crippen LogP contribution >= 0.6 is 0 Å². The molecule has 9 nitrogen and oxygen atoms in total. The number of amides is 1. The zero-order valence-electron chi connectivity index (χ0n) is 24.1. The summed E-state index contributed by atoms with van der Waals surface area (Å²) in [6, 6.07) is 9.55. The van der Waals surface area contributed by atoms with Gasteiger partial charge in [0.1, 0.15) is 0 Å². The van der Waals surface area contributed by atoms with E-state index in [1.807, 2.05) is 25.8 Å². The van der Waals surface area contributed by atoms with Gasteiger partial charge in [-0.25, -0.2) is 14.8 Å². The molecule has 0 bridgehead atoms. The van der Waals surface area contributed by atoms with Crippen LogP contribution in [0.5, 0.6) is 0 Å². The molecule has 2 atom stereocenters. The molecule has 1 N–H and O–H groups in total. The van der Waals surface area contributed by atoms with Gasteiger partial charge in [0.15, 0.2) is 5.65 Å². The van der Waals surface area contributed by atoms with Crippen molar-refractivity contribution in [3.8, 4) is 0 Å². The van der Waals surface area contributed by atoms with E-state index in [0.29, 0.717) is 17.6 Å². The van der Waals surface area contributed by atoms with E-state index in [1.165, 1.54) is 37.1 Å². The number of hydrogen-bond acceptors (Lipinski definition) is 7. The molecule has 1 aliphatic heterocycles. The fraction of sp³-hybridized carbons (Fsp3) is 0.516. The molecule has 2 fully saturated rings. The van der Waals surface area contributed by atoms with Gasteiger partial charge in [-0.15, -0.1) is 0 Å². The van der Waals surface area contributed by atoms with Crippen molar-refractivity contribution >= 4 is 22.9 Å². The summed E-state index contributed by atoms with van der Waals surface area (Å²) in [6.07, 6.45) is 10.5. The molecule has 3 aromatic rings. The fourth-order valence-electron chi connectivity index (χ4n) is 5.84. The van der Waals surface area contributed by atoms with Crippen molar-refractivity contribution in [2.75, 3.05) is 25.5 Å². The third-order valence-corrected chi connectivity index (χ3v) is 8.49. The second-order valence-corrected chi connectivity index (χ2v) is 11.6. The molecule has 0 spiro atoms. The Balaban J connectivity index is 1.28. The maximum atomic E-state index is 12.3. The summed E-state index contributed by atoms with van der Waals surface area (Å²) in [7, 11) is 1.89. The number of fused-ring (bicyclic) bond motifs is 1. The Hall–Kier alpha value is -3.59. The number of likely N-dealkylation sites (N-methyl/N-ethyl adjacent to an activating group) is 1. The quantitative estimate of drug-likeness (QED) is 0.364. The predicted molar refractivity (Wildman–Crippen MR) is 158 cm³/mol. The van der Waals surface area contributed by atoms with Crippen molar-refractivity contribution in [3.63, 3.8) is 0 Å². The molecule has 1 amide bonds. The lowest BCUT2D eigenvalue weighted by molar-refractivity contribution is -0.127. The SMILES string of the molecule is C=CC(=O)N(C)C1CCN(C(CC2CC2)c2ccc([C@H](C)Nc3ncc4cnc(=O)n(C(C)C)c4n3)cc2)CC1. The highest BCUT2D eigenvalue weighted by atomic mass is 16.2.